The molecule has 0 aliphatic heterocycles. The highest BCUT2D eigenvalue weighted by Crippen LogP contribution is 2.36. The number of esters is 1. The predicted octanol–water partition coefficient (Wildman–Crippen LogP) is 2.16. The molecule has 0 fully saturated rings. The fourth-order valence-electron chi connectivity index (χ4n) is 2.22. The Bertz CT molecular complexity index is 451. The molecule has 1 aromatic carbocycles. The van der Waals surface area contributed by atoms with Crippen LogP contribution in [-0.4, -0.2) is 26.3 Å². The van der Waals surface area contributed by atoms with E-state index >= 15 is 0 Å². The van der Waals surface area contributed by atoms with Gasteiger partial charge in [0.25, 0.3) is 0 Å². The summed E-state index contributed by atoms with van der Waals surface area (Å²) < 4.78 is 10.4. The molecule has 17 heavy (non-hydrogen) atoms. The summed E-state index contributed by atoms with van der Waals surface area (Å²) in [4.78, 5) is 11.0. The first-order chi connectivity index (χ1) is 8.18. The van der Waals surface area contributed by atoms with Crippen molar-refractivity contribution < 1.29 is 14.3 Å². The molecule has 1 aromatic rings. The first kappa shape index (κ1) is 11.9. The molecular weight excluding hydrogens is 216 g/mol. The molecule has 3 nitrogen and oxygen atoms in total. The molecule has 3 heteroatoms. The highest BCUT2D eigenvalue weighted by Gasteiger charge is 2.36. The highest BCUT2D eigenvalue weighted by molar-refractivity contribution is 5.68. The normalized spacial score (nSPS) is 21.3. The van der Waals surface area contributed by atoms with Crippen LogP contribution < -0.4 is 0 Å². The maximum Gasteiger partial charge on any atom is 0.302 e. The third-order valence-electron chi connectivity index (χ3n) is 3.01. The smallest absolute Gasteiger partial charge is 0.302 e. The third kappa shape index (κ3) is 2.24. The minimum absolute atomic E-state index is 0.266. The molecule has 0 heterocycles. The first-order valence-corrected chi connectivity index (χ1v) is 5.59. The van der Waals surface area contributed by atoms with E-state index < -0.39 is 0 Å². The summed E-state index contributed by atoms with van der Waals surface area (Å²) in [6.07, 6.45) is 4.11. The lowest BCUT2D eigenvalue weighted by Gasteiger charge is -2.27. The molecule has 0 aromatic heterocycles. The topological polar surface area (TPSA) is 35.5 Å². The fourth-order valence-corrected chi connectivity index (χ4v) is 2.22. The molecule has 0 N–H and O–H groups in total. The van der Waals surface area contributed by atoms with Crippen LogP contribution >= 0.6 is 0 Å². The second-order valence-electron chi connectivity index (χ2n) is 4.29. The highest BCUT2D eigenvalue weighted by atomic mass is 16.5. The average Bonchev–Trinajstić information content (AvgIpc) is 2.68. The van der Waals surface area contributed by atoms with Crippen molar-refractivity contribution in [2.24, 2.45) is 0 Å². The van der Waals surface area contributed by atoms with Crippen LogP contribution in [0, 0.1) is 0 Å². The number of methoxy groups -OCH3 is 1. The standard InChI is InChI=1S/C14H16O3/c1-11(15)17-10-14(9-16-2)8-7-12-5-3-4-6-13(12)14/h3-8H,9-10H2,1-2H3. The molecule has 1 atom stereocenters. The van der Waals surface area contributed by atoms with Gasteiger partial charge in [-0.25, -0.2) is 0 Å². The van der Waals surface area contributed by atoms with Crippen LogP contribution in [0.15, 0.2) is 30.3 Å². The van der Waals surface area contributed by atoms with Crippen LogP contribution in [-0.2, 0) is 19.7 Å². The van der Waals surface area contributed by atoms with Crippen LogP contribution in [0.25, 0.3) is 6.08 Å². The van der Waals surface area contributed by atoms with Gasteiger partial charge in [-0.05, 0) is 11.1 Å². The Kier molecular flexibility index (Phi) is 3.29. The summed E-state index contributed by atoms with van der Waals surface area (Å²) in [6, 6.07) is 8.09. The lowest BCUT2D eigenvalue weighted by atomic mass is 9.84. The van der Waals surface area contributed by atoms with Gasteiger partial charge in [0.2, 0.25) is 0 Å². The minimum Gasteiger partial charge on any atom is -0.464 e. The molecule has 1 aliphatic carbocycles. The van der Waals surface area contributed by atoms with Crippen LogP contribution in [0.5, 0.6) is 0 Å². The molecule has 0 spiro atoms. The number of carbonyl (C=O) groups excluding carboxylic acids is 1. The summed E-state index contributed by atoms with van der Waals surface area (Å²) >= 11 is 0. The number of carbonyl (C=O) groups is 1. The van der Waals surface area contributed by atoms with Crippen molar-refractivity contribution in [1.29, 1.82) is 0 Å². The molecule has 0 amide bonds. The van der Waals surface area contributed by atoms with Crippen molar-refractivity contribution in [1.82, 2.24) is 0 Å². The van der Waals surface area contributed by atoms with E-state index in [0.717, 1.165) is 11.1 Å². The lowest BCUT2D eigenvalue weighted by molar-refractivity contribution is -0.142. The first-order valence-electron chi connectivity index (χ1n) is 5.59. The van der Waals surface area contributed by atoms with E-state index in [4.69, 9.17) is 9.47 Å². The van der Waals surface area contributed by atoms with E-state index in [0.29, 0.717) is 13.2 Å². The molecule has 0 bridgehead atoms. The van der Waals surface area contributed by atoms with E-state index in [1.54, 1.807) is 7.11 Å². The van der Waals surface area contributed by atoms with E-state index in [9.17, 15) is 4.79 Å². The van der Waals surface area contributed by atoms with Crippen LogP contribution in [0.3, 0.4) is 0 Å². The van der Waals surface area contributed by atoms with Gasteiger partial charge in [-0.3, -0.25) is 4.79 Å². The van der Waals surface area contributed by atoms with Crippen molar-refractivity contribution in [3.8, 4) is 0 Å². The summed E-state index contributed by atoms with van der Waals surface area (Å²) in [5, 5.41) is 0. The van der Waals surface area contributed by atoms with E-state index in [2.05, 4.69) is 24.3 Å². The maximum absolute atomic E-state index is 11.0. The monoisotopic (exact) mass is 232 g/mol. The molecular formula is C14H16O3. The SMILES string of the molecule is COCC1(COC(C)=O)C=Cc2ccccc21. The number of rotatable bonds is 4. The minimum atomic E-state index is -0.336. The van der Waals surface area contributed by atoms with Crippen LogP contribution in [0.1, 0.15) is 18.1 Å². The summed E-state index contributed by atoms with van der Waals surface area (Å²) in [6.45, 7) is 2.25. The fraction of sp³-hybridized carbons (Fsp3) is 0.357. The second-order valence-corrected chi connectivity index (χ2v) is 4.29. The lowest BCUT2D eigenvalue weighted by Crippen LogP contribution is -2.34. The number of fused-ring (bicyclic) bond motifs is 1. The number of hydrogen-bond donors (Lipinski definition) is 0. The molecule has 0 saturated carbocycles. The van der Waals surface area contributed by atoms with Gasteiger partial charge >= 0.3 is 5.97 Å². The van der Waals surface area contributed by atoms with E-state index in [-0.39, 0.29) is 11.4 Å². The van der Waals surface area contributed by atoms with Gasteiger partial charge in [0.05, 0.1) is 12.0 Å². The number of ether oxygens (including phenoxy) is 2. The summed E-state index contributed by atoms with van der Waals surface area (Å²) in [5.41, 5.74) is 1.98. The van der Waals surface area contributed by atoms with Crippen molar-refractivity contribution in [3.05, 3.63) is 41.5 Å². The van der Waals surface area contributed by atoms with Gasteiger partial charge in [-0.2, -0.15) is 0 Å². The van der Waals surface area contributed by atoms with Crippen molar-refractivity contribution >= 4 is 12.0 Å². The molecule has 1 unspecified atom stereocenters. The zero-order chi connectivity index (χ0) is 12.3. The Labute approximate surface area is 101 Å². The molecule has 0 radical (unpaired) electrons. The van der Waals surface area contributed by atoms with Crippen molar-refractivity contribution in [3.63, 3.8) is 0 Å². The maximum atomic E-state index is 11.0. The third-order valence-corrected chi connectivity index (χ3v) is 3.01. The van der Waals surface area contributed by atoms with E-state index in [1.165, 1.54) is 6.92 Å². The van der Waals surface area contributed by atoms with E-state index in [1.807, 2.05) is 12.1 Å². The molecule has 0 saturated heterocycles. The number of hydrogen-bond acceptors (Lipinski definition) is 3. The average molecular weight is 232 g/mol. The zero-order valence-electron chi connectivity index (χ0n) is 10.1. The quantitative estimate of drug-likeness (QED) is 0.746. The largest absolute Gasteiger partial charge is 0.464 e. The van der Waals surface area contributed by atoms with Gasteiger partial charge < -0.3 is 9.47 Å². The Hall–Kier alpha value is -1.61. The van der Waals surface area contributed by atoms with Crippen molar-refractivity contribution in [2.75, 3.05) is 20.3 Å². The van der Waals surface area contributed by atoms with Crippen LogP contribution in [0.4, 0.5) is 0 Å². The number of benzene rings is 1. The Balaban J connectivity index is 2.30. The predicted molar refractivity (Wildman–Crippen MR) is 65.7 cm³/mol. The summed E-state index contributed by atoms with van der Waals surface area (Å²) in [7, 11) is 1.66. The Morgan fingerprint density at radius 3 is 2.76 bits per heavy atom. The van der Waals surface area contributed by atoms with Crippen molar-refractivity contribution in [2.45, 2.75) is 12.3 Å². The van der Waals surface area contributed by atoms with Gasteiger partial charge in [-0.1, -0.05) is 36.4 Å². The summed E-state index contributed by atoms with van der Waals surface area (Å²) in [5.74, 6) is -0.266. The van der Waals surface area contributed by atoms with Gasteiger partial charge in [0.15, 0.2) is 0 Å². The van der Waals surface area contributed by atoms with Gasteiger partial charge in [0, 0.05) is 14.0 Å². The molecule has 2 rings (SSSR count). The van der Waals surface area contributed by atoms with Gasteiger partial charge in [-0.15, -0.1) is 0 Å². The Morgan fingerprint density at radius 2 is 2.06 bits per heavy atom. The van der Waals surface area contributed by atoms with Gasteiger partial charge in [0.1, 0.15) is 6.61 Å². The molecule has 90 valence electrons. The molecule has 1 aliphatic rings. The van der Waals surface area contributed by atoms with Crippen LogP contribution in [0.2, 0.25) is 0 Å². The Morgan fingerprint density at radius 1 is 1.29 bits per heavy atom. The second kappa shape index (κ2) is 4.72. The zero-order valence-corrected chi connectivity index (χ0v) is 10.1.